The van der Waals surface area contributed by atoms with E-state index >= 15 is 0 Å². The zero-order valence-electron chi connectivity index (χ0n) is 40.2. The summed E-state index contributed by atoms with van der Waals surface area (Å²) in [5, 5.41) is 25.1. The van der Waals surface area contributed by atoms with Crippen molar-refractivity contribution in [2.45, 2.75) is 159 Å². The van der Waals surface area contributed by atoms with Gasteiger partial charge in [-0.05, 0) is 110 Å². The molecule has 1 heterocycles. The Morgan fingerprint density at radius 1 is 0.864 bits per heavy atom. The Kier molecular flexibility index (Phi) is 21.0. The number of nitrogens with zero attached hydrogens (tertiary/aromatic N) is 2. The zero-order chi connectivity index (χ0) is 46.6. The van der Waals surface area contributed by atoms with Crippen molar-refractivity contribution >= 4 is 23.4 Å². The van der Waals surface area contributed by atoms with Crippen LogP contribution in [0.5, 0.6) is 17.2 Å². The lowest BCUT2D eigenvalue weighted by Gasteiger charge is -2.60. The van der Waals surface area contributed by atoms with E-state index in [-0.39, 0.29) is 49.4 Å². The Morgan fingerprint density at radius 3 is 2.24 bits per heavy atom. The number of allylic oxidation sites excluding steroid dienone is 1. The summed E-state index contributed by atoms with van der Waals surface area (Å²) >= 11 is 1.69. The Hall–Kier alpha value is -4.09. The Bertz CT molecular complexity index is 1990. The average molecular weight is 923 g/mol. The third-order valence-electron chi connectivity index (χ3n) is 13.8. The van der Waals surface area contributed by atoms with Crippen molar-refractivity contribution in [2.24, 2.45) is 22.9 Å². The number of amides is 1. The summed E-state index contributed by atoms with van der Waals surface area (Å²) in [6, 6.07) is 23.9. The van der Waals surface area contributed by atoms with Gasteiger partial charge in [0, 0.05) is 49.0 Å². The molecule has 1 aliphatic heterocycles. The number of unbranched alkanes of at least 4 members (excludes halogenated alkanes) is 10. The molecular weight excluding hydrogens is 845 g/mol. The number of ether oxygens (including phenoxy) is 3. The van der Waals surface area contributed by atoms with Crippen LogP contribution in [0.4, 0.5) is 0 Å². The van der Waals surface area contributed by atoms with Gasteiger partial charge in [0.25, 0.3) is 0 Å². The highest BCUT2D eigenvalue weighted by Crippen LogP contribution is 2.62. The predicted octanol–water partition coefficient (Wildman–Crippen LogP) is 13.2. The van der Waals surface area contributed by atoms with Crippen LogP contribution in [0.25, 0.3) is 0 Å². The summed E-state index contributed by atoms with van der Waals surface area (Å²) < 4.78 is 21.3. The molecule has 6 rings (SSSR count). The van der Waals surface area contributed by atoms with Crippen LogP contribution >= 0.6 is 11.8 Å². The number of carbonyl (C=O) groups excluding carboxylic acids is 1. The Labute approximate surface area is 400 Å². The molecule has 0 radical (unpaired) electrons. The minimum Gasteiger partial charge on any atom is -0.459 e. The number of aliphatic hydroxyl groups is 2. The molecule has 2 aliphatic carbocycles. The first-order valence-electron chi connectivity index (χ1n) is 25.3. The summed E-state index contributed by atoms with van der Waals surface area (Å²) in [4.78, 5) is 24.4. The second-order valence-corrected chi connectivity index (χ2v) is 19.4. The fourth-order valence-electron chi connectivity index (χ4n) is 10.7. The average Bonchev–Trinajstić information content (AvgIpc) is 3.34. The van der Waals surface area contributed by atoms with Gasteiger partial charge < -0.3 is 34.2 Å². The van der Waals surface area contributed by atoms with Crippen molar-refractivity contribution < 1.29 is 34.1 Å². The molecule has 0 aromatic heterocycles. The van der Waals surface area contributed by atoms with Crippen LogP contribution in [-0.2, 0) is 21.0 Å². The molecule has 6 atom stereocenters. The Balaban J connectivity index is 1.47. The van der Waals surface area contributed by atoms with E-state index in [0.717, 1.165) is 90.2 Å². The second kappa shape index (κ2) is 27.0. The number of hydrogen-bond acceptors (Lipinski definition) is 9. The molecule has 3 aliphatic rings. The van der Waals surface area contributed by atoms with E-state index in [9.17, 15) is 15.0 Å². The van der Waals surface area contributed by atoms with Gasteiger partial charge in [-0.1, -0.05) is 126 Å². The van der Waals surface area contributed by atoms with E-state index < -0.39 is 11.8 Å². The summed E-state index contributed by atoms with van der Waals surface area (Å²) in [5.41, 5.74) is 3.91. The molecule has 9 nitrogen and oxygen atoms in total. The smallest absolute Gasteiger partial charge is 0.239 e. The fraction of sp³-hybridized carbons (Fsp3) is 0.571. The van der Waals surface area contributed by atoms with E-state index in [1.807, 2.05) is 54.6 Å². The highest BCUT2D eigenvalue weighted by atomic mass is 32.2. The SMILES string of the molecule is C=CCO[C@@]12Oc3ccc(Oc4ccc(SC)cc4)cc3[C@H]3[C@H](CCCCO)[C@@H](CCCCO)C=C(C(=NOCc4ccccc4)C[C@@H]1N(CCC)C(=O)CCCCCCCCCCC)[C@H]32. The molecule has 1 fully saturated rings. The lowest BCUT2D eigenvalue weighted by atomic mass is 9.55. The van der Waals surface area contributed by atoms with Crippen LogP contribution in [0.3, 0.4) is 0 Å². The number of oxime groups is 1. The van der Waals surface area contributed by atoms with Gasteiger partial charge in [0.15, 0.2) is 0 Å². The first kappa shape index (κ1) is 51.3. The molecule has 3 aromatic carbocycles. The van der Waals surface area contributed by atoms with Gasteiger partial charge in [-0.15, -0.1) is 18.3 Å². The van der Waals surface area contributed by atoms with Crippen molar-refractivity contribution in [3.8, 4) is 17.2 Å². The standard InChI is InChI=1S/C56H78N2O7S/c1-5-8-9-10-11-12-13-14-18-27-53(61)58(34-6-2)52-40-50(57-63-41-42-23-16-15-17-24-42)48-38-43(25-19-21-35-59)47(26-20-22-36-60)54-49-39-45(64-44-28-31-46(66-4)32-29-44)30-33-51(49)65-56(52,55(48)54)62-37-7-3/h7,15-17,23-24,28-33,38-39,43,47,52,54-55,59-60H,3,5-6,8-14,18-22,25-27,34-37,40-41H2,1-2,4H3/t43-,47+,52-,54+,55+,56+/m0/s1. The van der Waals surface area contributed by atoms with Crippen molar-refractivity contribution in [2.75, 3.05) is 32.6 Å². The third kappa shape index (κ3) is 13.3. The minimum absolute atomic E-state index is 0.114. The third-order valence-corrected chi connectivity index (χ3v) is 14.6. The van der Waals surface area contributed by atoms with Crippen LogP contribution in [0.2, 0.25) is 0 Å². The molecular formula is C56H78N2O7S. The van der Waals surface area contributed by atoms with Gasteiger partial charge in [-0.25, -0.2) is 0 Å². The maximum Gasteiger partial charge on any atom is 0.239 e. The monoisotopic (exact) mass is 923 g/mol. The fourth-order valence-corrected chi connectivity index (χ4v) is 11.1. The summed E-state index contributed by atoms with van der Waals surface area (Å²) in [7, 11) is 0. The quantitative estimate of drug-likeness (QED) is 0.0294. The van der Waals surface area contributed by atoms with Gasteiger partial charge in [0.1, 0.15) is 29.9 Å². The Morgan fingerprint density at radius 2 is 1.56 bits per heavy atom. The van der Waals surface area contributed by atoms with Gasteiger partial charge in [0.05, 0.1) is 18.2 Å². The molecule has 2 N–H and O–H groups in total. The van der Waals surface area contributed by atoms with Gasteiger partial charge in [0.2, 0.25) is 11.7 Å². The summed E-state index contributed by atoms with van der Waals surface area (Å²) in [6.07, 6.45) is 23.4. The van der Waals surface area contributed by atoms with Crippen LogP contribution in [0, 0.1) is 17.8 Å². The first-order valence-corrected chi connectivity index (χ1v) is 26.5. The zero-order valence-corrected chi connectivity index (χ0v) is 41.0. The van der Waals surface area contributed by atoms with Crippen molar-refractivity contribution in [3.05, 3.63) is 108 Å². The number of hydrogen-bond donors (Lipinski definition) is 2. The molecule has 360 valence electrons. The molecule has 1 saturated carbocycles. The molecule has 1 amide bonds. The van der Waals surface area contributed by atoms with E-state index in [0.29, 0.717) is 44.6 Å². The maximum atomic E-state index is 14.9. The molecule has 10 heteroatoms. The maximum absolute atomic E-state index is 14.9. The highest BCUT2D eigenvalue weighted by Gasteiger charge is 2.65. The van der Waals surface area contributed by atoms with Crippen LogP contribution < -0.4 is 9.47 Å². The number of aliphatic hydroxyl groups excluding tert-OH is 2. The largest absolute Gasteiger partial charge is 0.459 e. The molecule has 0 unspecified atom stereocenters. The van der Waals surface area contributed by atoms with Crippen molar-refractivity contribution in [3.63, 3.8) is 0 Å². The normalized spacial score (nSPS) is 22.5. The number of carbonyl (C=O) groups is 1. The first-order chi connectivity index (χ1) is 32.4. The number of rotatable bonds is 30. The summed E-state index contributed by atoms with van der Waals surface area (Å²) in [6.45, 7) is 9.85. The van der Waals surface area contributed by atoms with Gasteiger partial charge in [-0.3, -0.25) is 4.79 Å². The van der Waals surface area contributed by atoms with Crippen LogP contribution in [-0.4, -0.2) is 71.2 Å². The molecule has 0 spiro atoms. The van der Waals surface area contributed by atoms with E-state index in [1.165, 1.54) is 38.5 Å². The lowest BCUT2D eigenvalue weighted by molar-refractivity contribution is -0.257. The van der Waals surface area contributed by atoms with Crippen molar-refractivity contribution in [1.82, 2.24) is 4.90 Å². The lowest BCUT2D eigenvalue weighted by Crippen LogP contribution is -2.70. The van der Waals surface area contributed by atoms with E-state index in [4.69, 9.17) is 24.2 Å². The molecule has 0 bridgehead atoms. The predicted molar refractivity (Wildman–Crippen MR) is 268 cm³/mol. The van der Waals surface area contributed by atoms with E-state index in [1.54, 1.807) is 17.8 Å². The second-order valence-electron chi connectivity index (χ2n) is 18.5. The van der Waals surface area contributed by atoms with Crippen LogP contribution in [0.1, 0.15) is 146 Å². The summed E-state index contributed by atoms with van der Waals surface area (Å²) in [5.74, 6) is 0.786. The van der Waals surface area contributed by atoms with E-state index in [2.05, 4.69) is 55.9 Å². The molecule has 3 aromatic rings. The molecule has 0 saturated heterocycles. The molecule has 66 heavy (non-hydrogen) atoms. The van der Waals surface area contributed by atoms with Gasteiger partial charge in [-0.2, -0.15) is 0 Å². The van der Waals surface area contributed by atoms with Gasteiger partial charge >= 0.3 is 0 Å². The number of benzene rings is 3. The topological polar surface area (TPSA) is 110 Å². The number of thioether (sulfide) groups is 1. The minimum atomic E-state index is -1.28. The van der Waals surface area contributed by atoms with Crippen molar-refractivity contribution in [1.29, 1.82) is 0 Å². The number of fused-ring (bicyclic) bond motifs is 2. The van der Waals surface area contributed by atoms with Crippen LogP contribution in [0.15, 0.2) is 107 Å². The highest BCUT2D eigenvalue weighted by molar-refractivity contribution is 7.98.